The Bertz CT molecular complexity index is 450. The van der Waals surface area contributed by atoms with Crippen molar-refractivity contribution in [3.05, 3.63) is 23.7 Å². The van der Waals surface area contributed by atoms with Crippen LogP contribution < -0.4 is 5.32 Å². The maximum atomic E-state index is 12.3. The van der Waals surface area contributed by atoms with Crippen LogP contribution >= 0.6 is 0 Å². The number of likely N-dealkylation sites (tertiary alicyclic amines) is 1. The van der Waals surface area contributed by atoms with Crippen LogP contribution in [0.2, 0.25) is 0 Å². The van der Waals surface area contributed by atoms with E-state index in [0.717, 1.165) is 24.5 Å². The average molecular weight is 248 g/mol. The molecule has 1 aliphatic carbocycles. The van der Waals surface area contributed by atoms with Crippen LogP contribution in [0.5, 0.6) is 0 Å². The van der Waals surface area contributed by atoms with Gasteiger partial charge in [0.25, 0.3) is 0 Å². The van der Waals surface area contributed by atoms with Crippen LogP contribution in [0.1, 0.15) is 43.7 Å². The van der Waals surface area contributed by atoms with Crippen molar-refractivity contribution in [3.63, 3.8) is 0 Å². The van der Waals surface area contributed by atoms with E-state index in [1.165, 1.54) is 12.8 Å². The lowest BCUT2D eigenvalue weighted by molar-refractivity contribution is -0.131. The Labute approximate surface area is 107 Å². The number of carbonyl (C=O) groups excluding carboxylic acids is 1. The summed E-state index contributed by atoms with van der Waals surface area (Å²) in [7, 11) is 0. The molecule has 18 heavy (non-hydrogen) atoms. The number of nitrogens with one attached hydrogen (secondary N) is 1. The van der Waals surface area contributed by atoms with Gasteiger partial charge in [-0.05, 0) is 45.2 Å². The average Bonchev–Trinajstić information content (AvgIpc) is 2.95. The van der Waals surface area contributed by atoms with E-state index in [1.54, 1.807) is 0 Å². The molecule has 2 aliphatic rings. The van der Waals surface area contributed by atoms with E-state index in [4.69, 9.17) is 4.42 Å². The Morgan fingerprint density at radius 3 is 2.78 bits per heavy atom. The third-order valence-electron chi connectivity index (χ3n) is 3.89. The molecule has 3 rings (SSSR count). The van der Waals surface area contributed by atoms with Gasteiger partial charge < -0.3 is 14.6 Å². The zero-order chi connectivity index (χ0) is 12.7. The zero-order valence-electron chi connectivity index (χ0n) is 11.0. The Kier molecular flexibility index (Phi) is 2.90. The number of hydrogen-bond acceptors (Lipinski definition) is 3. The predicted molar refractivity (Wildman–Crippen MR) is 68.1 cm³/mol. The summed E-state index contributed by atoms with van der Waals surface area (Å²) in [4.78, 5) is 14.2. The standard InChI is InChI=1S/C14H20N2O2/c1-9-3-6-13(18-9)10(2)16-8-7-12(14(16)17)15-11-4-5-11/h3,6,10-12,15H,4-5,7-8H2,1-2H3. The van der Waals surface area contributed by atoms with Crippen molar-refractivity contribution in [3.8, 4) is 0 Å². The smallest absolute Gasteiger partial charge is 0.240 e. The fourth-order valence-corrected chi connectivity index (χ4v) is 2.61. The molecule has 1 aromatic heterocycles. The van der Waals surface area contributed by atoms with Crippen LogP contribution in [0.15, 0.2) is 16.5 Å². The highest BCUT2D eigenvalue weighted by Gasteiger charge is 2.38. The predicted octanol–water partition coefficient (Wildman–Crippen LogP) is 2.00. The van der Waals surface area contributed by atoms with Gasteiger partial charge in [0.15, 0.2) is 0 Å². The van der Waals surface area contributed by atoms with E-state index in [0.29, 0.717) is 6.04 Å². The van der Waals surface area contributed by atoms with Gasteiger partial charge in [-0.15, -0.1) is 0 Å². The summed E-state index contributed by atoms with van der Waals surface area (Å²) in [5.41, 5.74) is 0. The monoisotopic (exact) mass is 248 g/mol. The van der Waals surface area contributed by atoms with Gasteiger partial charge in [-0.3, -0.25) is 4.79 Å². The second-order valence-electron chi connectivity index (χ2n) is 5.44. The van der Waals surface area contributed by atoms with Gasteiger partial charge >= 0.3 is 0 Å². The van der Waals surface area contributed by atoms with Gasteiger partial charge in [0, 0.05) is 12.6 Å². The number of rotatable bonds is 4. The first-order chi connectivity index (χ1) is 8.65. The van der Waals surface area contributed by atoms with Crippen LogP contribution in [0.25, 0.3) is 0 Å². The molecular weight excluding hydrogens is 228 g/mol. The molecule has 2 unspecified atom stereocenters. The first-order valence-electron chi connectivity index (χ1n) is 6.78. The Balaban J connectivity index is 1.67. The third kappa shape index (κ3) is 2.17. The second kappa shape index (κ2) is 4.43. The summed E-state index contributed by atoms with van der Waals surface area (Å²) in [6.45, 7) is 4.79. The van der Waals surface area contributed by atoms with Crippen LogP contribution in [-0.2, 0) is 4.79 Å². The molecule has 1 aliphatic heterocycles. The summed E-state index contributed by atoms with van der Waals surface area (Å²) >= 11 is 0. The van der Waals surface area contributed by atoms with E-state index in [-0.39, 0.29) is 18.0 Å². The molecule has 0 spiro atoms. The third-order valence-corrected chi connectivity index (χ3v) is 3.89. The minimum absolute atomic E-state index is 0.0241. The minimum atomic E-state index is 0.0241. The first-order valence-corrected chi connectivity index (χ1v) is 6.78. The molecule has 98 valence electrons. The largest absolute Gasteiger partial charge is 0.464 e. The molecule has 2 atom stereocenters. The molecule has 1 saturated carbocycles. The number of aryl methyl sites for hydroxylation is 1. The van der Waals surface area contributed by atoms with Crippen LogP contribution in [-0.4, -0.2) is 29.4 Å². The molecule has 2 heterocycles. The van der Waals surface area contributed by atoms with Crippen LogP contribution in [0.4, 0.5) is 0 Å². The highest BCUT2D eigenvalue weighted by Crippen LogP contribution is 2.28. The molecule has 1 N–H and O–H groups in total. The van der Waals surface area contributed by atoms with E-state index >= 15 is 0 Å². The number of nitrogens with zero attached hydrogens (tertiary/aromatic N) is 1. The normalized spacial score (nSPS) is 25.8. The molecule has 1 saturated heterocycles. The number of hydrogen-bond donors (Lipinski definition) is 1. The topological polar surface area (TPSA) is 45.5 Å². The van der Waals surface area contributed by atoms with Gasteiger partial charge in [-0.25, -0.2) is 0 Å². The number of furan rings is 1. The summed E-state index contributed by atoms with van der Waals surface area (Å²) in [6, 6.07) is 4.56. The maximum Gasteiger partial charge on any atom is 0.240 e. The van der Waals surface area contributed by atoms with Crippen molar-refractivity contribution >= 4 is 5.91 Å². The lowest BCUT2D eigenvalue weighted by Crippen LogP contribution is -2.40. The minimum Gasteiger partial charge on any atom is -0.464 e. The van der Waals surface area contributed by atoms with Gasteiger partial charge in [-0.1, -0.05) is 0 Å². The Morgan fingerprint density at radius 2 is 2.17 bits per heavy atom. The SMILES string of the molecule is Cc1ccc(C(C)N2CCC(NC3CC3)C2=O)o1. The fourth-order valence-electron chi connectivity index (χ4n) is 2.61. The number of carbonyl (C=O) groups is 1. The molecule has 0 radical (unpaired) electrons. The Hall–Kier alpha value is -1.29. The first kappa shape index (κ1) is 11.8. The highest BCUT2D eigenvalue weighted by molar-refractivity contribution is 5.84. The number of amides is 1. The summed E-state index contributed by atoms with van der Waals surface area (Å²) in [5.74, 6) is 2.01. The van der Waals surface area contributed by atoms with Gasteiger partial charge in [0.05, 0.1) is 12.1 Å². The van der Waals surface area contributed by atoms with E-state index in [2.05, 4.69) is 5.32 Å². The fraction of sp³-hybridized carbons (Fsp3) is 0.643. The molecule has 0 bridgehead atoms. The van der Waals surface area contributed by atoms with Gasteiger partial charge in [-0.2, -0.15) is 0 Å². The zero-order valence-corrected chi connectivity index (χ0v) is 11.0. The van der Waals surface area contributed by atoms with Crippen molar-refractivity contribution in [2.75, 3.05) is 6.54 Å². The van der Waals surface area contributed by atoms with Gasteiger partial charge in [0.2, 0.25) is 5.91 Å². The highest BCUT2D eigenvalue weighted by atomic mass is 16.3. The van der Waals surface area contributed by atoms with E-state index in [1.807, 2.05) is 30.9 Å². The lowest BCUT2D eigenvalue weighted by Gasteiger charge is -2.23. The molecule has 1 aromatic rings. The molecule has 2 fully saturated rings. The summed E-state index contributed by atoms with van der Waals surface area (Å²) in [6.07, 6.45) is 3.35. The molecule has 4 heteroatoms. The van der Waals surface area contributed by atoms with E-state index in [9.17, 15) is 4.79 Å². The van der Waals surface area contributed by atoms with Crippen molar-refractivity contribution < 1.29 is 9.21 Å². The van der Waals surface area contributed by atoms with Gasteiger partial charge in [0.1, 0.15) is 11.5 Å². The van der Waals surface area contributed by atoms with Crippen molar-refractivity contribution in [2.45, 2.75) is 51.2 Å². The maximum absolute atomic E-state index is 12.3. The van der Waals surface area contributed by atoms with Crippen LogP contribution in [0.3, 0.4) is 0 Å². The van der Waals surface area contributed by atoms with E-state index < -0.39 is 0 Å². The van der Waals surface area contributed by atoms with Crippen LogP contribution in [0, 0.1) is 6.92 Å². The molecular formula is C14H20N2O2. The summed E-state index contributed by atoms with van der Waals surface area (Å²) < 4.78 is 5.62. The molecule has 4 nitrogen and oxygen atoms in total. The van der Waals surface area contributed by atoms with Crippen molar-refractivity contribution in [2.24, 2.45) is 0 Å². The lowest BCUT2D eigenvalue weighted by atomic mass is 10.2. The summed E-state index contributed by atoms with van der Waals surface area (Å²) in [5, 5.41) is 3.42. The Morgan fingerprint density at radius 1 is 1.39 bits per heavy atom. The quantitative estimate of drug-likeness (QED) is 0.886. The molecule has 1 amide bonds. The van der Waals surface area contributed by atoms with Crippen molar-refractivity contribution in [1.29, 1.82) is 0 Å². The van der Waals surface area contributed by atoms with Crippen molar-refractivity contribution in [1.82, 2.24) is 10.2 Å². The molecule has 0 aromatic carbocycles. The second-order valence-corrected chi connectivity index (χ2v) is 5.44.